The summed E-state index contributed by atoms with van der Waals surface area (Å²) in [6, 6.07) is 13.5. The smallest absolute Gasteiger partial charge is 0.244 e. The van der Waals surface area contributed by atoms with Gasteiger partial charge >= 0.3 is 0 Å². The number of hydrogen-bond donors (Lipinski definition) is 1. The van der Waals surface area contributed by atoms with Crippen molar-refractivity contribution in [1.29, 1.82) is 0 Å². The zero-order chi connectivity index (χ0) is 17.6. The molecule has 0 saturated carbocycles. The van der Waals surface area contributed by atoms with Crippen LogP contribution in [0.4, 0.5) is 0 Å². The van der Waals surface area contributed by atoms with Crippen LogP contribution in [0.2, 0.25) is 5.02 Å². The maximum atomic E-state index is 11.9. The number of thiophene rings is 1. The van der Waals surface area contributed by atoms with Crippen LogP contribution < -0.4 is 5.32 Å². The largest absolute Gasteiger partial charge is 0.351 e. The second-order valence-corrected chi connectivity index (χ2v) is 6.93. The number of aryl methyl sites for hydroxylation is 1. The SMILES string of the molecule is Cc1cc(-c2cccs2)nn1CCNC(=O)/C=C/c1ccc(Cl)cc1. The first-order valence-corrected chi connectivity index (χ1v) is 9.17. The second kappa shape index (κ2) is 8.14. The number of nitrogens with one attached hydrogen (secondary N) is 1. The van der Waals surface area contributed by atoms with Gasteiger partial charge in [-0.25, -0.2) is 0 Å². The molecule has 0 bridgehead atoms. The maximum Gasteiger partial charge on any atom is 0.244 e. The second-order valence-electron chi connectivity index (χ2n) is 5.55. The summed E-state index contributed by atoms with van der Waals surface area (Å²) >= 11 is 7.51. The van der Waals surface area contributed by atoms with Crippen LogP contribution in [-0.4, -0.2) is 22.2 Å². The van der Waals surface area contributed by atoms with Crippen molar-refractivity contribution in [3.8, 4) is 10.6 Å². The standard InChI is InChI=1S/C19H18ClN3OS/c1-14-13-17(18-3-2-12-25-18)22-23(14)11-10-21-19(24)9-6-15-4-7-16(20)8-5-15/h2-9,12-13H,10-11H2,1H3,(H,21,24)/b9-6+. The molecular weight excluding hydrogens is 354 g/mol. The first-order chi connectivity index (χ1) is 12.1. The average molecular weight is 372 g/mol. The Morgan fingerprint density at radius 1 is 1.32 bits per heavy atom. The van der Waals surface area contributed by atoms with Gasteiger partial charge in [-0.1, -0.05) is 29.8 Å². The highest BCUT2D eigenvalue weighted by molar-refractivity contribution is 7.13. The van der Waals surface area contributed by atoms with E-state index in [0.29, 0.717) is 18.1 Å². The summed E-state index contributed by atoms with van der Waals surface area (Å²) in [5, 5.41) is 10.2. The third kappa shape index (κ3) is 4.81. The van der Waals surface area contributed by atoms with Crippen molar-refractivity contribution in [3.05, 3.63) is 70.2 Å². The van der Waals surface area contributed by atoms with Crippen molar-refractivity contribution in [3.63, 3.8) is 0 Å². The molecule has 0 saturated heterocycles. The lowest BCUT2D eigenvalue weighted by Crippen LogP contribution is -2.26. The van der Waals surface area contributed by atoms with Crippen molar-refractivity contribution in [2.45, 2.75) is 13.5 Å². The van der Waals surface area contributed by atoms with Gasteiger partial charge < -0.3 is 5.32 Å². The lowest BCUT2D eigenvalue weighted by Gasteiger charge is -2.05. The van der Waals surface area contributed by atoms with Gasteiger partial charge in [0.1, 0.15) is 5.69 Å². The van der Waals surface area contributed by atoms with Gasteiger partial charge in [-0.3, -0.25) is 9.48 Å². The number of rotatable bonds is 6. The molecule has 3 aromatic rings. The van der Waals surface area contributed by atoms with E-state index in [9.17, 15) is 4.79 Å². The summed E-state index contributed by atoms with van der Waals surface area (Å²) in [6.45, 7) is 3.18. The predicted octanol–water partition coefficient (Wildman–Crippen LogP) is 4.40. The van der Waals surface area contributed by atoms with E-state index in [4.69, 9.17) is 11.6 Å². The lowest BCUT2D eigenvalue weighted by atomic mass is 10.2. The Kier molecular flexibility index (Phi) is 5.68. The third-order valence-corrected chi connectivity index (χ3v) is 4.82. The van der Waals surface area contributed by atoms with Gasteiger partial charge in [0.05, 0.1) is 11.4 Å². The number of nitrogens with zero attached hydrogens (tertiary/aromatic N) is 2. The Morgan fingerprint density at radius 2 is 2.12 bits per heavy atom. The summed E-state index contributed by atoms with van der Waals surface area (Å²) < 4.78 is 1.91. The lowest BCUT2D eigenvalue weighted by molar-refractivity contribution is -0.116. The van der Waals surface area contributed by atoms with Crippen molar-refractivity contribution < 1.29 is 4.79 Å². The molecule has 0 aliphatic heterocycles. The van der Waals surface area contributed by atoms with Gasteiger partial charge in [-0.15, -0.1) is 11.3 Å². The fourth-order valence-electron chi connectivity index (χ4n) is 2.37. The first kappa shape index (κ1) is 17.5. The van der Waals surface area contributed by atoms with E-state index >= 15 is 0 Å². The molecule has 2 aromatic heterocycles. The Labute approximate surface area is 155 Å². The average Bonchev–Trinajstić information content (AvgIpc) is 3.25. The fourth-order valence-corrected chi connectivity index (χ4v) is 3.18. The van der Waals surface area contributed by atoms with Crippen molar-refractivity contribution in [2.75, 3.05) is 6.54 Å². The normalized spacial score (nSPS) is 11.1. The molecular formula is C19H18ClN3OS. The summed E-state index contributed by atoms with van der Waals surface area (Å²) in [5.41, 5.74) is 2.99. The molecule has 25 heavy (non-hydrogen) atoms. The van der Waals surface area contributed by atoms with Crippen LogP contribution in [0.5, 0.6) is 0 Å². The van der Waals surface area contributed by atoms with Crippen LogP contribution >= 0.6 is 22.9 Å². The van der Waals surface area contributed by atoms with Crippen molar-refractivity contribution >= 4 is 34.9 Å². The number of aromatic nitrogens is 2. The molecule has 1 aromatic carbocycles. The van der Waals surface area contributed by atoms with Crippen molar-refractivity contribution in [2.24, 2.45) is 0 Å². The van der Waals surface area contributed by atoms with E-state index in [1.165, 1.54) is 6.08 Å². The van der Waals surface area contributed by atoms with Gasteiger partial charge in [0.15, 0.2) is 0 Å². The Hall–Kier alpha value is -2.37. The molecule has 0 spiro atoms. The number of hydrogen-bond acceptors (Lipinski definition) is 3. The van der Waals surface area contributed by atoms with Crippen LogP contribution in [0.1, 0.15) is 11.3 Å². The van der Waals surface area contributed by atoms with Gasteiger partial charge in [0, 0.05) is 23.3 Å². The summed E-state index contributed by atoms with van der Waals surface area (Å²) in [6.07, 6.45) is 3.29. The minimum Gasteiger partial charge on any atom is -0.351 e. The van der Waals surface area contributed by atoms with E-state index in [-0.39, 0.29) is 5.91 Å². The molecule has 0 unspecified atom stereocenters. The highest BCUT2D eigenvalue weighted by Crippen LogP contribution is 2.23. The Balaban J connectivity index is 1.51. The van der Waals surface area contributed by atoms with Gasteiger partial charge in [-0.05, 0) is 48.2 Å². The molecule has 1 amide bonds. The Bertz CT molecular complexity index is 867. The number of carbonyl (C=O) groups excluding carboxylic acids is 1. The monoisotopic (exact) mass is 371 g/mol. The van der Waals surface area contributed by atoms with E-state index in [1.54, 1.807) is 29.5 Å². The van der Waals surface area contributed by atoms with Crippen molar-refractivity contribution in [1.82, 2.24) is 15.1 Å². The zero-order valence-electron chi connectivity index (χ0n) is 13.8. The molecule has 2 heterocycles. The fraction of sp³-hybridized carbons (Fsp3) is 0.158. The van der Waals surface area contributed by atoms with Gasteiger partial charge in [-0.2, -0.15) is 5.10 Å². The van der Waals surface area contributed by atoms with Gasteiger partial charge in [0.2, 0.25) is 5.91 Å². The van der Waals surface area contributed by atoms with Crippen LogP contribution in [-0.2, 0) is 11.3 Å². The molecule has 0 fully saturated rings. The molecule has 128 valence electrons. The molecule has 4 nitrogen and oxygen atoms in total. The highest BCUT2D eigenvalue weighted by Gasteiger charge is 2.07. The highest BCUT2D eigenvalue weighted by atomic mass is 35.5. The van der Waals surface area contributed by atoms with E-state index in [2.05, 4.69) is 22.5 Å². The van der Waals surface area contributed by atoms with Crippen LogP contribution in [0.3, 0.4) is 0 Å². The number of amides is 1. The summed E-state index contributed by atoms with van der Waals surface area (Å²) in [4.78, 5) is 13.0. The molecule has 0 aliphatic carbocycles. The topological polar surface area (TPSA) is 46.9 Å². The quantitative estimate of drug-likeness (QED) is 0.652. The first-order valence-electron chi connectivity index (χ1n) is 7.91. The minimum absolute atomic E-state index is 0.127. The molecule has 6 heteroatoms. The summed E-state index contributed by atoms with van der Waals surface area (Å²) in [7, 11) is 0. The van der Waals surface area contributed by atoms with Crippen LogP contribution in [0, 0.1) is 6.92 Å². The van der Waals surface area contributed by atoms with Crippen LogP contribution in [0.15, 0.2) is 53.9 Å². The molecule has 1 N–H and O–H groups in total. The number of halogens is 1. The van der Waals surface area contributed by atoms with Gasteiger partial charge in [0.25, 0.3) is 0 Å². The summed E-state index contributed by atoms with van der Waals surface area (Å²) in [5.74, 6) is -0.127. The predicted molar refractivity (Wildman–Crippen MR) is 104 cm³/mol. The molecule has 0 aliphatic rings. The molecule has 0 radical (unpaired) electrons. The van der Waals surface area contributed by atoms with E-state index in [0.717, 1.165) is 21.8 Å². The van der Waals surface area contributed by atoms with E-state index < -0.39 is 0 Å². The maximum absolute atomic E-state index is 11.9. The Morgan fingerprint density at radius 3 is 2.84 bits per heavy atom. The molecule has 3 rings (SSSR count). The zero-order valence-corrected chi connectivity index (χ0v) is 15.3. The van der Waals surface area contributed by atoms with E-state index in [1.807, 2.05) is 35.2 Å². The third-order valence-electron chi connectivity index (χ3n) is 3.67. The number of carbonyl (C=O) groups is 1. The number of benzene rings is 1. The minimum atomic E-state index is -0.127. The molecule has 0 atom stereocenters. The van der Waals surface area contributed by atoms with Crippen LogP contribution in [0.25, 0.3) is 16.6 Å².